The van der Waals surface area contributed by atoms with Gasteiger partial charge in [0.25, 0.3) is 0 Å². The average molecular weight is 375 g/mol. The summed E-state index contributed by atoms with van der Waals surface area (Å²) in [5.41, 5.74) is 1.43. The van der Waals surface area contributed by atoms with Gasteiger partial charge in [0, 0.05) is 19.1 Å². The summed E-state index contributed by atoms with van der Waals surface area (Å²) in [6.45, 7) is 9.49. The van der Waals surface area contributed by atoms with Gasteiger partial charge in [-0.3, -0.25) is 0 Å². The molecule has 0 aliphatic carbocycles. The second-order valence-electron chi connectivity index (χ2n) is 7.52. The fourth-order valence-corrected chi connectivity index (χ4v) is 4.06. The molecule has 1 aliphatic rings. The maximum absolute atomic E-state index is 5.22. The Morgan fingerprint density at radius 1 is 1.15 bits per heavy atom. The van der Waals surface area contributed by atoms with Gasteiger partial charge in [0.2, 0.25) is 5.82 Å². The largest absolute Gasteiger partial charge is 0.383 e. The summed E-state index contributed by atoms with van der Waals surface area (Å²) < 4.78 is 7.17. The first-order valence-electron chi connectivity index (χ1n) is 10.3. The van der Waals surface area contributed by atoms with E-state index in [1.54, 1.807) is 16.9 Å². The molecule has 2 heterocycles. The molecule has 1 aliphatic heterocycles. The summed E-state index contributed by atoms with van der Waals surface area (Å²) >= 11 is 0. The van der Waals surface area contributed by atoms with Gasteiger partial charge in [0.1, 0.15) is 38.8 Å². The highest BCUT2D eigenvalue weighted by Crippen LogP contribution is 2.13. The van der Waals surface area contributed by atoms with Crippen LogP contribution in [0.1, 0.15) is 43.6 Å². The third kappa shape index (κ3) is 5.57. The zero-order valence-electron chi connectivity index (χ0n) is 16.7. The number of aromatic nitrogens is 4. The first-order valence-corrected chi connectivity index (χ1v) is 10.3. The molecule has 0 radical (unpaired) electrons. The fraction of sp³-hybridized carbons (Fsp3) is 0.650. The Hall–Kier alpha value is -1.83. The molecule has 1 fully saturated rings. The van der Waals surface area contributed by atoms with Crippen LogP contribution in [0, 0.1) is 0 Å². The van der Waals surface area contributed by atoms with Crippen LogP contribution in [0.3, 0.4) is 0 Å². The third-order valence-corrected chi connectivity index (χ3v) is 5.61. The Morgan fingerprint density at radius 2 is 1.93 bits per heavy atom. The molecule has 0 spiro atoms. The van der Waals surface area contributed by atoms with E-state index in [4.69, 9.17) is 4.74 Å². The van der Waals surface area contributed by atoms with E-state index in [1.807, 2.05) is 4.68 Å². The van der Waals surface area contributed by atoms with Crippen LogP contribution in [0.4, 0.5) is 0 Å². The minimum atomic E-state index is 0.384. The van der Waals surface area contributed by atoms with Crippen molar-refractivity contribution in [1.82, 2.24) is 20.2 Å². The van der Waals surface area contributed by atoms with Crippen LogP contribution in [0.5, 0.6) is 0 Å². The highest BCUT2D eigenvalue weighted by atomic mass is 16.5. The Bertz CT molecular complexity index is 654. The number of nitrogens with one attached hydrogen (secondary N) is 2. The molecule has 27 heavy (non-hydrogen) atoms. The number of piperazine rings is 1. The summed E-state index contributed by atoms with van der Waals surface area (Å²) in [6.07, 6.45) is 3.56. The van der Waals surface area contributed by atoms with E-state index in [1.165, 1.54) is 44.6 Å². The molecular formula is C20H34N6O+2. The van der Waals surface area contributed by atoms with Gasteiger partial charge in [-0.1, -0.05) is 43.7 Å². The van der Waals surface area contributed by atoms with Crippen LogP contribution < -0.4 is 9.80 Å². The smallest absolute Gasteiger partial charge is 0.209 e. The predicted molar refractivity (Wildman–Crippen MR) is 103 cm³/mol. The molecule has 148 valence electrons. The number of benzene rings is 1. The zero-order valence-corrected chi connectivity index (χ0v) is 16.7. The van der Waals surface area contributed by atoms with Gasteiger partial charge in [0.15, 0.2) is 0 Å². The van der Waals surface area contributed by atoms with Crippen LogP contribution in [-0.2, 0) is 17.8 Å². The molecule has 0 bridgehead atoms. The van der Waals surface area contributed by atoms with Crippen LogP contribution in [0.25, 0.3) is 0 Å². The van der Waals surface area contributed by atoms with Crippen LogP contribution in [0.15, 0.2) is 30.3 Å². The molecular weight excluding hydrogens is 340 g/mol. The molecule has 1 aromatic carbocycles. The molecule has 0 unspecified atom stereocenters. The van der Waals surface area contributed by atoms with Crippen LogP contribution >= 0.6 is 0 Å². The summed E-state index contributed by atoms with van der Waals surface area (Å²) in [4.78, 5) is 3.31. The lowest BCUT2D eigenvalue weighted by atomic mass is 10.1. The summed E-state index contributed by atoms with van der Waals surface area (Å²) in [6, 6.07) is 11.2. The standard InChI is InChI=1S/C20H32N6O/c1-3-4-10-19(20-21-22-23-26(20)15-16-27-2)25-13-11-24(12-14-25)17-18-8-6-5-7-9-18/h5-9,19H,3-4,10-17H2,1-2H3/p+2/t19-/m0/s1. The van der Waals surface area contributed by atoms with E-state index in [9.17, 15) is 0 Å². The second kappa shape index (κ2) is 10.5. The normalized spacial score (nSPS) is 21.3. The predicted octanol–water partition coefficient (Wildman–Crippen LogP) is -0.466. The van der Waals surface area contributed by atoms with Crippen molar-refractivity contribution in [3.63, 3.8) is 0 Å². The van der Waals surface area contributed by atoms with Gasteiger partial charge in [-0.15, -0.1) is 5.10 Å². The number of nitrogens with zero attached hydrogens (tertiary/aromatic N) is 4. The van der Waals surface area contributed by atoms with Crippen molar-refractivity contribution in [2.45, 2.75) is 45.3 Å². The van der Waals surface area contributed by atoms with E-state index in [-0.39, 0.29) is 0 Å². The van der Waals surface area contributed by atoms with Crippen molar-refractivity contribution in [2.24, 2.45) is 0 Å². The Labute approximate surface area is 162 Å². The minimum absolute atomic E-state index is 0.384. The fourth-order valence-electron chi connectivity index (χ4n) is 4.06. The Morgan fingerprint density at radius 3 is 2.63 bits per heavy atom. The van der Waals surface area contributed by atoms with E-state index < -0.39 is 0 Å². The van der Waals surface area contributed by atoms with E-state index in [2.05, 4.69) is 52.8 Å². The number of tetrazole rings is 1. The van der Waals surface area contributed by atoms with Crippen molar-refractivity contribution in [3.8, 4) is 0 Å². The molecule has 0 saturated carbocycles. The maximum Gasteiger partial charge on any atom is 0.209 e. The summed E-state index contributed by atoms with van der Waals surface area (Å²) in [5.74, 6) is 1.03. The monoisotopic (exact) mass is 374 g/mol. The lowest BCUT2D eigenvalue weighted by molar-refractivity contribution is -1.03. The molecule has 7 nitrogen and oxygen atoms in total. The number of hydrogen-bond donors (Lipinski definition) is 2. The quantitative estimate of drug-likeness (QED) is 0.591. The van der Waals surface area contributed by atoms with Crippen molar-refractivity contribution in [3.05, 3.63) is 41.7 Å². The van der Waals surface area contributed by atoms with Crippen molar-refractivity contribution in [2.75, 3.05) is 39.9 Å². The molecule has 7 heteroatoms. The van der Waals surface area contributed by atoms with Gasteiger partial charge in [0.05, 0.1) is 13.2 Å². The number of hydrogen-bond acceptors (Lipinski definition) is 4. The van der Waals surface area contributed by atoms with E-state index in [0.717, 1.165) is 25.3 Å². The summed E-state index contributed by atoms with van der Waals surface area (Å²) in [7, 11) is 1.72. The SMILES string of the molecule is CCCC[C@@H](c1nnnn1CCOC)[NH+]1CC[NH+](Cc2ccccc2)CC1. The molecule has 0 amide bonds. The lowest BCUT2D eigenvalue weighted by Gasteiger charge is -2.34. The van der Waals surface area contributed by atoms with Crippen molar-refractivity contribution < 1.29 is 14.5 Å². The minimum Gasteiger partial charge on any atom is -0.383 e. The van der Waals surface area contributed by atoms with Crippen molar-refractivity contribution in [1.29, 1.82) is 0 Å². The summed E-state index contributed by atoms with van der Waals surface area (Å²) in [5, 5.41) is 12.6. The Kier molecular flexibility index (Phi) is 7.74. The number of rotatable bonds is 10. The zero-order chi connectivity index (χ0) is 18.9. The highest BCUT2D eigenvalue weighted by Gasteiger charge is 2.33. The van der Waals surface area contributed by atoms with Gasteiger partial charge in [-0.2, -0.15) is 0 Å². The van der Waals surface area contributed by atoms with Gasteiger partial charge >= 0.3 is 0 Å². The first-order chi connectivity index (χ1) is 13.3. The number of methoxy groups -OCH3 is 1. The first kappa shape index (κ1) is 19.9. The third-order valence-electron chi connectivity index (χ3n) is 5.61. The van der Waals surface area contributed by atoms with E-state index >= 15 is 0 Å². The van der Waals surface area contributed by atoms with Crippen LogP contribution in [-0.4, -0.2) is 60.1 Å². The van der Waals surface area contributed by atoms with Gasteiger partial charge in [-0.25, -0.2) is 4.68 Å². The number of quaternary nitrogens is 2. The van der Waals surface area contributed by atoms with Crippen molar-refractivity contribution >= 4 is 0 Å². The molecule has 1 aromatic heterocycles. The molecule has 1 atom stereocenters. The molecule has 3 rings (SSSR count). The number of unbranched alkanes of at least 4 members (excludes halogenated alkanes) is 1. The Balaban J connectivity index is 1.62. The molecule has 2 N–H and O–H groups in total. The number of ether oxygens (including phenoxy) is 1. The molecule has 2 aromatic rings. The van der Waals surface area contributed by atoms with Gasteiger partial charge in [-0.05, 0) is 16.8 Å². The highest BCUT2D eigenvalue weighted by molar-refractivity contribution is 5.13. The van der Waals surface area contributed by atoms with Gasteiger partial charge < -0.3 is 14.5 Å². The van der Waals surface area contributed by atoms with E-state index in [0.29, 0.717) is 12.6 Å². The lowest BCUT2D eigenvalue weighted by Crippen LogP contribution is -3.27. The molecule has 1 saturated heterocycles. The maximum atomic E-state index is 5.22. The second-order valence-corrected chi connectivity index (χ2v) is 7.52. The topological polar surface area (TPSA) is 61.7 Å². The average Bonchev–Trinajstić information content (AvgIpc) is 3.17. The van der Waals surface area contributed by atoms with Crippen LogP contribution in [0.2, 0.25) is 0 Å².